The van der Waals surface area contributed by atoms with Crippen molar-refractivity contribution in [3.05, 3.63) is 54.5 Å². The number of primary amides is 1. The van der Waals surface area contributed by atoms with E-state index in [-0.39, 0.29) is 6.23 Å². The van der Waals surface area contributed by atoms with E-state index in [1.165, 1.54) is 0 Å². The van der Waals surface area contributed by atoms with Crippen molar-refractivity contribution < 1.29 is 9.53 Å². The number of nitrogens with zero attached hydrogens (tertiary/aromatic N) is 3. The van der Waals surface area contributed by atoms with Crippen LogP contribution < -0.4 is 10.5 Å². The number of pyridine rings is 1. The first-order valence-corrected chi connectivity index (χ1v) is 8.89. The van der Waals surface area contributed by atoms with Gasteiger partial charge in [-0.2, -0.15) is 0 Å². The molecule has 2 amide bonds. The molecule has 1 atom stereocenters. The van der Waals surface area contributed by atoms with E-state index in [1.54, 1.807) is 11.1 Å². The van der Waals surface area contributed by atoms with Crippen molar-refractivity contribution >= 4 is 11.7 Å². The number of piperidine rings is 1. The molecule has 1 fully saturated rings. The third kappa shape index (κ3) is 2.98. The van der Waals surface area contributed by atoms with Gasteiger partial charge in [-0.15, -0.1) is 0 Å². The molecule has 2 N–H and O–H groups in total. The molecule has 3 aromatic rings. The average Bonchev–Trinajstić information content (AvgIpc) is 3.13. The van der Waals surface area contributed by atoms with Crippen molar-refractivity contribution in [3.63, 3.8) is 0 Å². The van der Waals surface area contributed by atoms with Crippen LogP contribution in [0.2, 0.25) is 0 Å². The van der Waals surface area contributed by atoms with Crippen LogP contribution in [0.5, 0.6) is 5.75 Å². The lowest BCUT2D eigenvalue weighted by Crippen LogP contribution is -2.49. The molecule has 1 aromatic carbocycles. The Morgan fingerprint density at radius 3 is 2.77 bits per heavy atom. The number of fused-ring (bicyclic) bond motifs is 1. The Labute approximate surface area is 152 Å². The lowest BCUT2D eigenvalue weighted by molar-refractivity contribution is 0.0270. The molecule has 6 nitrogen and oxygen atoms in total. The normalized spacial score (nSPS) is 17.4. The highest BCUT2D eigenvalue weighted by Gasteiger charge is 2.26. The average molecular weight is 350 g/mol. The predicted octanol–water partition coefficient (Wildman–Crippen LogP) is 3.58. The van der Waals surface area contributed by atoms with Crippen LogP contribution in [0, 0.1) is 6.92 Å². The predicted molar refractivity (Wildman–Crippen MR) is 99.9 cm³/mol. The first-order valence-electron chi connectivity index (χ1n) is 8.89. The van der Waals surface area contributed by atoms with Crippen LogP contribution >= 0.6 is 0 Å². The van der Waals surface area contributed by atoms with E-state index in [0.717, 1.165) is 47.5 Å². The zero-order valence-corrected chi connectivity index (χ0v) is 14.8. The highest BCUT2D eigenvalue weighted by Crippen LogP contribution is 2.28. The Morgan fingerprint density at radius 1 is 1.19 bits per heavy atom. The molecule has 0 radical (unpaired) electrons. The van der Waals surface area contributed by atoms with E-state index in [2.05, 4.69) is 22.4 Å². The Balaban J connectivity index is 1.56. The van der Waals surface area contributed by atoms with E-state index in [9.17, 15) is 4.79 Å². The van der Waals surface area contributed by atoms with Crippen LogP contribution in [0.1, 0.15) is 25.0 Å². The standard InChI is InChI=1S/C20H22N4O2/c1-14-17(9-10-18-22-11-13-23(14)18)15-5-7-16(8-6-15)26-19-4-2-3-12-24(19)20(21)25/h5-11,13,19H,2-4,12H2,1H3,(H2,21,25). The van der Waals surface area contributed by atoms with Gasteiger partial charge in [0.25, 0.3) is 0 Å². The fourth-order valence-electron chi connectivity index (χ4n) is 3.58. The molecule has 0 aliphatic carbocycles. The van der Waals surface area contributed by atoms with Gasteiger partial charge in [-0.25, -0.2) is 9.78 Å². The number of carbonyl (C=O) groups excluding carboxylic acids is 1. The molecule has 1 saturated heterocycles. The van der Waals surface area contributed by atoms with Gasteiger partial charge in [-0.1, -0.05) is 12.1 Å². The second-order valence-corrected chi connectivity index (χ2v) is 6.61. The molecule has 1 aliphatic heterocycles. The Morgan fingerprint density at radius 2 is 2.00 bits per heavy atom. The number of benzene rings is 1. The van der Waals surface area contributed by atoms with Gasteiger partial charge in [0.2, 0.25) is 0 Å². The van der Waals surface area contributed by atoms with E-state index in [1.807, 2.05) is 36.5 Å². The fraction of sp³-hybridized carbons (Fsp3) is 0.300. The summed E-state index contributed by atoms with van der Waals surface area (Å²) in [6.07, 6.45) is 6.30. The van der Waals surface area contributed by atoms with Crippen LogP contribution in [-0.4, -0.2) is 33.1 Å². The Hall–Kier alpha value is -3.02. The number of nitrogens with two attached hydrogens (primary N) is 1. The number of imidazole rings is 1. The minimum absolute atomic E-state index is 0.281. The Kier molecular flexibility index (Phi) is 4.24. The van der Waals surface area contributed by atoms with Gasteiger partial charge in [0.05, 0.1) is 0 Å². The van der Waals surface area contributed by atoms with Gasteiger partial charge in [0.1, 0.15) is 11.4 Å². The monoisotopic (exact) mass is 350 g/mol. The molecule has 26 heavy (non-hydrogen) atoms. The maximum Gasteiger partial charge on any atom is 0.317 e. The number of rotatable bonds is 3. The summed E-state index contributed by atoms with van der Waals surface area (Å²) in [5, 5.41) is 0. The minimum atomic E-state index is -0.421. The Bertz CT molecular complexity index is 933. The van der Waals surface area contributed by atoms with Crippen LogP contribution in [-0.2, 0) is 0 Å². The molecular formula is C20H22N4O2. The molecule has 0 bridgehead atoms. The van der Waals surface area contributed by atoms with E-state index in [0.29, 0.717) is 6.54 Å². The SMILES string of the molecule is Cc1c(-c2ccc(OC3CCCCN3C(N)=O)cc2)ccc2nccn12. The molecule has 3 heterocycles. The van der Waals surface area contributed by atoms with Crippen molar-refractivity contribution in [2.75, 3.05) is 6.54 Å². The summed E-state index contributed by atoms with van der Waals surface area (Å²) in [7, 11) is 0. The molecule has 134 valence electrons. The number of hydrogen-bond acceptors (Lipinski definition) is 3. The zero-order valence-electron chi connectivity index (χ0n) is 14.8. The van der Waals surface area contributed by atoms with Gasteiger partial charge in [0, 0.05) is 36.6 Å². The second kappa shape index (κ2) is 6.71. The molecule has 4 rings (SSSR count). The van der Waals surface area contributed by atoms with Crippen molar-refractivity contribution in [1.82, 2.24) is 14.3 Å². The molecule has 0 saturated carbocycles. The lowest BCUT2D eigenvalue weighted by atomic mass is 10.0. The summed E-state index contributed by atoms with van der Waals surface area (Å²) in [6.45, 7) is 2.74. The number of urea groups is 1. The fourth-order valence-corrected chi connectivity index (χ4v) is 3.58. The topological polar surface area (TPSA) is 72.9 Å². The summed E-state index contributed by atoms with van der Waals surface area (Å²) in [6, 6.07) is 11.6. The summed E-state index contributed by atoms with van der Waals surface area (Å²) >= 11 is 0. The highest BCUT2D eigenvalue weighted by molar-refractivity contribution is 5.72. The maximum atomic E-state index is 11.6. The number of hydrogen-bond donors (Lipinski definition) is 1. The molecule has 1 unspecified atom stereocenters. The van der Waals surface area contributed by atoms with E-state index < -0.39 is 6.03 Å². The minimum Gasteiger partial charge on any atom is -0.470 e. The summed E-state index contributed by atoms with van der Waals surface area (Å²) in [5.41, 5.74) is 9.81. The molecule has 2 aromatic heterocycles. The number of aryl methyl sites for hydroxylation is 1. The molecule has 6 heteroatoms. The van der Waals surface area contributed by atoms with Crippen LogP contribution in [0.25, 0.3) is 16.8 Å². The van der Waals surface area contributed by atoms with Gasteiger partial charge in [0.15, 0.2) is 6.23 Å². The van der Waals surface area contributed by atoms with Crippen molar-refractivity contribution in [2.45, 2.75) is 32.4 Å². The molecule has 1 aliphatic rings. The number of aromatic nitrogens is 2. The van der Waals surface area contributed by atoms with Crippen molar-refractivity contribution in [2.24, 2.45) is 5.73 Å². The first-order chi connectivity index (χ1) is 12.6. The quantitative estimate of drug-likeness (QED) is 0.785. The number of ether oxygens (including phenoxy) is 1. The zero-order chi connectivity index (χ0) is 18.1. The van der Waals surface area contributed by atoms with Gasteiger partial charge in [-0.05, 0) is 49.6 Å². The highest BCUT2D eigenvalue weighted by atomic mass is 16.5. The van der Waals surface area contributed by atoms with Crippen LogP contribution in [0.15, 0.2) is 48.8 Å². The first kappa shape index (κ1) is 16.4. The smallest absolute Gasteiger partial charge is 0.317 e. The van der Waals surface area contributed by atoms with Gasteiger partial charge < -0.3 is 14.9 Å². The van der Waals surface area contributed by atoms with E-state index in [4.69, 9.17) is 10.5 Å². The third-order valence-electron chi connectivity index (χ3n) is 4.99. The summed E-state index contributed by atoms with van der Waals surface area (Å²) in [5.74, 6) is 0.744. The molecule has 0 spiro atoms. The van der Waals surface area contributed by atoms with Gasteiger partial charge >= 0.3 is 6.03 Å². The van der Waals surface area contributed by atoms with Crippen LogP contribution in [0.3, 0.4) is 0 Å². The number of likely N-dealkylation sites (tertiary alicyclic amines) is 1. The largest absolute Gasteiger partial charge is 0.470 e. The van der Waals surface area contributed by atoms with Crippen LogP contribution in [0.4, 0.5) is 4.79 Å². The second-order valence-electron chi connectivity index (χ2n) is 6.61. The lowest BCUT2D eigenvalue weighted by Gasteiger charge is -2.34. The van der Waals surface area contributed by atoms with Gasteiger partial charge in [-0.3, -0.25) is 4.90 Å². The summed E-state index contributed by atoms with van der Waals surface area (Å²) in [4.78, 5) is 17.5. The van der Waals surface area contributed by atoms with Crippen molar-refractivity contribution in [3.8, 4) is 16.9 Å². The summed E-state index contributed by atoms with van der Waals surface area (Å²) < 4.78 is 8.09. The number of carbonyl (C=O) groups is 1. The molecular weight excluding hydrogens is 328 g/mol. The van der Waals surface area contributed by atoms with E-state index >= 15 is 0 Å². The third-order valence-corrected chi connectivity index (χ3v) is 4.99. The van der Waals surface area contributed by atoms with Crippen molar-refractivity contribution in [1.29, 1.82) is 0 Å². The number of amides is 2. The maximum absolute atomic E-state index is 11.6.